The van der Waals surface area contributed by atoms with Crippen LogP contribution in [0, 0.1) is 13.8 Å². The maximum atomic E-state index is 10.9. The van der Waals surface area contributed by atoms with Crippen molar-refractivity contribution >= 4 is 11.4 Å². The normalized spacial score (nSPS) is 20.5. The smallest absolute Gasteiger partial charge is 0.230 e. The fourth-order valence-electron chi connectivity index (χ4n) is 1.73. The molecule has 0 unspecified atom stereocenters. The molecular formula is C11H11NO3. The number of Topliss-reactive ketones (excluding diaryl/α,β-unsaturated/α-hetero) is 1. The zero-order valence-electron chi connectivity index (χ0n) is 8.48. The van der Waals surface area contributed by atoms with Crippen LogP contribution < -0.4 is 0 Å². The van der Waals surface area contributed by atoms with Gasteiger partial charge in [0, 0.05) is 17.0 Å². The highest BCUT2D eigenvalue weighted by Gasteiger charge is 2.38. The van der Waals surface area contributed by atoms with Crippen LogP contribution in [0.4, 0.5) is 0 Å². The third kappa shape index (κ3) is 1.43. The number of nitrogens with zero attached hydrogens (tertiary/aromatic N) is 1. The molecule has 0 radical (unpaired) electrons. The van der Waals surface area contributed by atoms with Gasteiger partial charge in [-0.25, -0.2) is 0 Å². The first kappa shape index (κ1) is 9.86. The van der Waals surface area contributed by atoms with Crippen LogP contribution in [-0.2, 0) is 4.79 Å². The molecule has 0 saturated carbocycles. The molecule has 4 nitrogen and oxygen atoms in total. The van der Waals surface area contributed by atoms with Gasteiger partial charge in [-0.15, -0.1) is 0 Å². The van der Waals surface area contributed by atoms with Crippen molar-refractivity contribution in [3.63, 3.8) is 0 Å². The van der Waals surface area contributed by atoms with Crippen LogP contribution in [0.1, 0.15) is 17.0 Å². The summed E-state index contributed by atoms with van der Waals surface area (Å²) in [6.07, 6.45) is -1.19. The number of aliphatic hydroxyl groups excluding tert-OH is 2. The van der Waals surface area contributed by atoms with Crippen LogP contribution in [0.25, 0.3) is 5.57 Å². The van der Waals surface area contributed by atoms with Crippen molar-refractivity contribution in [3.8, 4) is 0 Å². The Hall–Kier alpha value is -1.68. The van der Waals surface area contributed by atoms with E-state index in [1.54, 1.807) is 12.1 Å². The Bertz CT molecular complexity index is 456. The molecule has 0 amide bonds. The van der Waals surface area contributed by atoms with Crippen LogP contribution >= 0.6 is 0 Å². The second-order valence-electron chi connectivity index (χ2n) is 3.67. The van der Waals surface area contributed by atoms with E-state index in [1.807, 2.05) is 13.8 Å². The van der Waals surface area contributed by atoms with Gasteiger partial charge in [0.2, 0.25) is 5.78 Å². The SMILES string of the molecule is Cc1cc(C2=C(O)C(=O)[C@H]2O)cc(C)n1. The van der Waals surface area contributed by atoms with Crippen molar-refractivity contribution in [2.45, 2.75) is 20.0 Å². The molecule has 4 heteroatoms. The summed E-state index contributed by atoms with van der Waals surface area (Å²) in [5.41, 5.74) is 2.53. The summed E-state index contributed by atoms with van der Waals surface area (Å²) in [7, 11) is 0. The summed E-state index contributed by atoms with van der Waals surface area (Å²) < 4.78 is 0. The van der Waals surface area contributed by atoms with E-state index in [0.29, 0.717) is 11.1 Å². The lowest BCUT2D eigenvalue weighted by Crippen LogP contribution is -2.35. The van der Waals surface area contributed by atoms with Gasteiger partial charge in [0.15, 0.2) is 5.76 Å². The number of carbonyl (C=O) groups excluding carboxylic acids is 1. The molecule has 78 valence electrons. The molecule has 0 spiro atoms. The first-order valence-electron chi connectivity index (χ1n) is 4.62. The van der Waals surface area contributed by atoms with E-state index in [2.05, 4.69) is 4.98 Å². The second kappa shape index (κ2) is 3.17. The van der Waals surface area contributed by atoms with Crippen molar-refractivity contribution < 1.29 is 15.0 Å². The number of pyridine rings is 1. The van der Waals surface area contributed by atoms with Crippen molar-refractivity contribution in [3.05, 3.63) is 34.8 Å². The Morgan fingerprint density at radius 1 is 1.27 bits per heavy atom. The molecule has 0 saturated heterocycles. The summed E-state index contributed by atoms with van der Waals surface area (Å²) in [4.78, 5) is 15.1. The van der Waals surface area contributed by atoms with E-state index >= 15 is 0 Å². The number of hydrogen-bond acceptors (Lipinski definition) is 4. The van der Waals surface area contributed by atoms with E-state index in [9.17, 15) is 15.0 Å². The van der Waals surface area contributed by atoms with Gasteiger partial charge in [-0.2, -0.15) is 0 Å². The highest BCUT2D eigenvalue weighted by molar-refractivity contribution is 6.19. The van der Waals surface area contributed by atoms with Crippen molar-refractivity contribution in [1.82, 2.24) is 4.98 Å². The van der Waals surface area contributed by atoms with E-state index in [1.165, 1.54) is 0 Å². The van der Waals surface area contributed by atoms with Gasteiger partial charge in [-0.3, -0.25) is 9.78 Å². The fraction of sp³-hybridized carbons (Fsp3) is 0.273. The third-order valence-corrected chi connectivity index (χ3v) is 2.40. The monoisotopic (exact) mass is 205 g/mol. The lowest BCUT2D eigenvalue weighted by Gasteiger charge is -2.24. The minimum atomic E-state index is -1.19. The predicted molar refractivity (Wildman–Crippen MR) is 54.3 cm³/mol. The van der Waals surface area contributed by atoms with Crippen LogP contribution in [0.15, 0.2) is 17.9 Å². The number of carbonyl (C=O) groups is 1. The highest BCUT2D eigenvalue weighted by atomic mass is 16.3. The van der Waals surface area contributed by atoms with Crippen LogP contribution in [0.5, 0.6) is 0 Å². The molecule has 1 aromatic heterocycles. The number of hydrogen-bond donors (Lipinski definition) is 2. The molecule has 0 aliphatic heterocycles. The lowest BCUT2D eigenvalue weighted by atomic mass is 9.85. The van der Waals surface area contributed by atoms with Gasteiger partial charge < -0.3 is 10.2 Å². The molecule has 1 heterocycles. The molecule has 0 aromatic carbocycles. The zero-order chi connectivity index (χ0) is 11.2. The quantitative estimate of drug-likeness (QED) is 0.715. The standard InChI is InChI=1S/C11H11NO3/c1-5-3-7(4-6(2)12-5)8-9(13)11(15)10(8)14/h3-4,9,13-14H,1-2H3/t9-/m0/s1. The largest absolute Gasteiger partial charge is 0.504 e. The first-order valence-corrected chi connectivity index (χ1v) is 4.62. The molecule has 0 fully saturated rings. The molecule has 0 bridgehead atoms. The Morgan fingerprint density at radius 3 is 2.27 bits per heavy atom. The molecule has 15 heavy (non-hydrogen) atoms. The summed E-state index contributed by atoms with van der Waals surface area (Å²) in [6, 6.07) is 3.46. The number of rotatable bonds is 1. The fourth-order valence-corrected chi connectivity index (χ4v) is 1.73. The second-order valence-corrected chi connectivity index (χ2v) is 3.67. The number of aryl methyl sites for hydroxylation is 2. The van der Waals surface area contributed by atoms with E-state index in [-0.39, 0.29) is 5.76 Å². The first-order chi connectivity index (χ1) is 7.00. The Labute approximate surface area is 86.9 Å². The van der Waals surface area contributed by atoms with Crippen LogP contribution in [0.2, 0.25) is 0 Å². The van der Waals surface area contributed by atoms with E-state index in [4.69, 9.17) is 0 Å². The summed E-state index contributed by atoms with van der Waals surface area (Å²) in [5.74, 6) is -0.954. The number of ketones is 1. The number of aromatic nitrogens is 1. The Balaban J connectivity index is 2.52. The van der Waals surface area contributed by atoms with Gasteiger partial charge in [0.1, 0.15) is 6.10 Å². The third-order valence-electron chi connectivity index (χ3n) is 2.40. The molecular weight excluding hydrogens is 194 g/mol. The maximum Gasteiger partial charge on any atom is 0.230 e. The summed E-state index contributed by atoms with van der Waals surface area (Å²) in [5, 5.41) is 18.7. The molecule has 2 N–H and O–H groups in total. The van der Waals surface area contributed by atoms with Gasteiger partial charge in [0.25, 0.3) is 0 Å². The van der Waals surface area contributed by atoms with E-state index < -0.39 is 11.9 Å². The lowest BCUT2D eigenvalue weighted by molar-refractivity contribution is -0.125. The Kier molecular flexibility index (Phi) is 2.08. The van der Waals surface area contributed by atoms with Crippen LogP contribution in [0.3, 0.4) is 0 Å². The molecule has 2 rings (SSSR count). The summed E-state index contributed by atoms with van der Waals surface area (Å²) >= 11 is 0. The number of aliphatic hydroxyl groups is 2. The van der Waals surface area contributed by atoms with Gasteiger partial charge >= 0.3 is 0 Å². The average molecular weight is 205 g/mol. The minimum absolute atomic E-state index is 0.300. The van der Waals surface area contributed by atoms with Gasteiger partial charge in [0.05, 0.1) is 0 Å². The van der Waals surface area contributed by atoms with Gasteiger partial charge in [-0.05, 0) is 31.5 Å². The Morgan fingerprint density at radius 2 is 1.80 bits per heavy atom. The summed E-state index contributed by atoms with van der Waals surface area (Å²) in [6.45, 7) is 3.64. The minimum Gasteiger partial charge on any atom is -0.504 e. The molecule has 1 aromatic rings. The molecule has 1 aliphatic carbocycles. The molecule has 1 atom stereocenters. The maximum absolute atomic E-state index is 10.9. The average Bonchev–Trinajstić information content (AvgIpc) is 2.16. The highest BCUT2D eigenvalue weighted by Crippen LogP contribution is 2.32. The van der Waals surface area contributed by atoms with Crippen molar-refractivity contribution in [1.29, 1.82) is 0 Å². The molecule has 1 aliphatic rings. The van der Waals surface area contributed by atoms with Crippen molar-refractivity contribution in [2.24, 2.45) is 0 Å². The topological polar surface area (TPSA) is 70.4 Å². The van der Waals surface area contributed by atoms with Crippen LogP contribution in [-0.4, -0.2) is 27.1 Å². The van der Waals surface area contributed by atoms with Crippen molar-refractivity contribution in [2.75, 3.05) is 0 Å². The predicted octanol–water partition coefficient (Wildman–Crippen LogP) is 0.911. The zero-order valence-corrected chi connectivity index (χ0v) is 8.48. The van der Waals surface area contributed by atoms with E-state index in [0.717, 1.165) is 11.4 Å². The van der Waals surface area contributed by atoms with Gasteiger partial charge in [-0.1, -0.05) is 0 Å².